The van der Waals surface area contributed by atoms with Crippen molar-refractivity contribution in [1.82, 2.24) is 19.7 Å². The standard InChI is InChI=1S/C19H15ClFN5O/c1-11(18-16(4-2-5-23-18)26-7-3-6-24-26)27-17-9-12-8-14(21)13(20)10-15(12)25-19(17)22/h2-11H,1H3,(H2,22,25)/t11-/m0/s1. The van der Waals surface area contributed by atoms with E-state index in [0.717, 1.165) is 5.69 Å². The summed E-state index contributed by atoms with van der Waals surface area (Å²) in [6.07, 6.45) is 4.75. The number of anilines is 1. The van der Waals surface area contributed by atoms with E-state index in [2.05, 4.69) is 15.1 Å². The SMILES string of the molecule is C[C@H](Oc1cc2cc(F)c(Cl)cc2nc1N)c1ncccc1-n1cccn1. The van der Waals surface area contributed by atoms with Crippen LogP contribution in [0.4, 0.5) is 10.2 Å². The molecule has 0 aliphatic rings. The minimum absolute atomic E-state index is 0.00575. The highest BCUT2D eigenvalue weighted by Crippen LogP contribution is 2.32. The van der Waals surface area contributed by atoms with Gasteiger partial charge in [0.25, 0.3) is 0 Å². The Morgan fingerprint density at radius 3 is 2.85 bits per heavy atom. The van der Waals surface area contributed by atoms with Gasteiger partial charge in [0.1, 0.15) is 17.6 Å². The molecule has 0 fully saturated rings. The molecule has 0 amide bonds. The van der Waals surface area contributed by atoms with Crippen molar-refractivity contribution in [3.05, 3.63) is 71.5 Å². The Morgan fingerprint density at radius 1 is 1.22 bits per heavy atom. The van der Waals surface area contributed by atoms with Gasteiger partial charge in [-0.2, -0.15) is 5.10 Å². The number of aromatic nitrogens is 4. The van der Waals surface area contributed by atoms with Crippen molar-refractivity contribution < 1.29 is 9.13 Å². The van der Waals surface area contributed by atoms with E-state index in [1.54, 1.807) is 23.1 Å². The van der Waals surface area contributed by atoms with Crippen LogP contribution in [0.5, 0.6) is 5.75 Å². The molecule has 0 spiro atoms. The number of ether oxygens (including phenoxy) is 1. The number of nitrogens with zero attached hydrogens (tertiary/aromatic N) is 4. The van der Waals surface area contributed by atoms with Crippen LogP contribution in [-0.2, 0) is 0 Å². The molecule has 4 rings (SSSR count). The lowest BCUT2D eigenvalue weighted by Crippen LogP contribution is -2.11. The molecule has 0 radical (unpaired) electrons. The molecule has 136 valence electrons. The Labute approximate surface area is 159 Å². The number of nitrogens with two attached hydrogens (primary N) is 1. The van der Waals surface area contributed by atoms with Crippen molar-refractivity contribution in [2.75, 3.05) is 5.73 Å². The molecular weight excluding hydrogens is 369 g/mol. The number of hydrogen-bond donors (Lipinski definition) is 1. The summed E-state index contributed by atoms with van der Waals surface area (Å²) in [6.45, 7) is 1.85. The molecule has 0 unspecified atom stereocenters. The number of hydrogen-bond acceptors (Lipinski definition) is 5. The van der Waals surface area contributed by atoms with Gasteiger partial charge in [-0.25, -0.2) is 14.1 Å². The zero-order chi connectivity index (χ0) is 19.0. The first-order valence-electron chi connectivity index (χ1n) is 8.20. The molecule has 0 saturated carbocycles. The van der Waals surface area contributed by atoms with E-state index in [4.69, 9.17) is 22.1 Å². The van der Waals surface area contributed by atoms with Gasteiger partial charge < -0.3 is 10.5 Å². The summed E-state index contributed by atoms with van der Waals surface area (Å²) < 4.78 is 21.5. The maximum absolute atomic E-state index is 13.8. The summed E-state index contributed by atoms with van der Waals surface area (Å²) in [5.41, 5.74) is 7.99. The summed E-state index contributed by atoms with van der Waals surface area (Å²) >= 11 is 5.81. The van der Waals surface area contributed by atoms with Gasteiger partial charge in [-0.15, -0.1) is 0 Å². The highest BCUT2D eigenvalue weighted by atomic mass is 35.5. The third-order valence-electron chi connectivity index (χ3n) is 4.11. The van der Waals surface area contributed by atoms with E-state index in [1.807, 2.05) is 31.3 Å². The second-order valence-electron chi connectivity index (χ2n) is 5.95. The predicted octanol–water partition coefficient (Wildman–Crippen LogP) is 4.33. The number of pyridine rings is 2. The zero-order valence-corrected chi connectivity index (χ0v) is 15.1. The van der Waals surface area contributed by atoms with Gasteiger partial charge in [0.15, 0.2) is 11.6 Å². The number of halogens is 2. The maximum atomic E-state index is 13.8. The summed E-state index contributed by atoms with van der Waals surface area (Å²) in [6, 6.07) is 9.93. The lowest BCUT2D eigenvalue weighted by atomic mass is 10.2. The summed E-state index contributed by atoms with van der Waals surface area (Å²) in [7, 11) is 0. The van der Waals surface area contributed by atoms with Crippen LogP contribution in [0, 0.1) is 5.82 Å². The fraction of sp³-hybridized carbons (Fsp3) is 0.105. The monoisotopic (exact) mass is 383 g/mol. The summed E-state index contributed by atoms with van der Waals surface area (Å²) in [4.78, 5) is 8.68. The van der Waals surface area contributed by atoms with Crippen molar-refractivity contribution in [3.63, 3.8) is 0 Å². The van der Waals surface area contributed by atoms with Gasteiger partial charge in [-0.05, 0) is 43.3 Å². The van der Waals surface area contributed by atoms with Gasteiger partial charge in [-0.3, -0.25) is 4.98 Å². The predicted molar refractivity (Wildman–Crippen MR) is 102 cm³/mol. The molecule has 2 N–H and O–H groups in total. The van der Waals surface area contributed by atoms with Crippen LogP contribution in [0.2, 0.25) is 5.02 Å². The maximum Gasteiger partial charge on any atom is 0.166 e. The Morgan fingerprint density at radius 2 is 2.07 bits per heavy atom. The van der Waals surface area contributed by atoms with Gasteiger partial charge in [0.2, 0.25) is 0 Å². The first kappa shape index (κ1) is 17.2. The Balaban J connectivity index is 1.71. The van der Waals surface area contributed by atoms with Crippen LogP contribution >= 0.6 is 11.6 Å². The van der Waals surface area contributed by atoms with Crippen molar-refractivity contribution in [3.8, 4) is 11.4 Å². The van der Waals surface area contributed by atoms with Crippen LogP contribution in [0.15, 0.2) is 55.0 Å². The van der Waals surface area contributed by atoms with E-state index < -0.39 is 11.9 Å². The van der Waals surface area contributed by atoms with Gasteiger partial charge in [-0.1, -0.05) is 11.6 Å². The minimum Gasteiger partial charge on any atom is -0.480 e. The molecular formula is C19H15ClFN5O. The molecule has 0 saturated heterocycles. The van der Waals surface area contributed by atoms with Crippen LogP contribution in [0.1, 0.15) is 18.7 Å². The molecule has 4 aromatic rings. The molecule has 0 aliphatic heterocycles. The van der Waals surface area contributed by atoms with Gasteiger partial charge >= 0.3 is 0 Å². The minimum atomic E-state index is -0.527. The largest absolute Gasteiger partial charge is 0.480 e. The van der Waals surface area contributed by atoms with Gasteiger partial charge in [0.05, 0.1) is 16.2 Å². The molecule has 3 aromatic heterocycles. The van der Waals surface area contributed by atoms with Gasteiger partial charge in [0, 0.05) is 24.0 Å². The molecule has 0 bridgehead atoms. The zero-order valence-electron chi connectivity index (χ0n) is 14.3. The summed E-state index contributed by atoms with van der Waals surface area (Å²) in [5, 5.41) is 4.78. The molecule has 6 nitrogen and oxygen atoms in total. The van der Waals surface area contributed by atoms with Crippen molar-refractivity contribution >= 4 is 28.3 Å². The number of rotatable bonds is 4. The van der Waals surface area contributed by atoms with Crippen LogP contribution < -0.4 is 10.5 Å². The van der Waals surface area contributed by atoms with Crippen molar-refractivity contribution in [1.29, 1.82) is 0 Å². The van der Waals surface area contributed by atoms with E-state index in [1.165, 1.54) is 12.1 Å². The van der Waals surface area contributed by atoms with Crippen LogP contribution in [0.3, 0.4) is 0 Å². The van der Waals surface area contributed by atoms with Crippen molar-refractivity contribution in [2.24, 2.45) is 0 Å². The Hall–Kier alpha value is -3.19. The quantitative estimate of drug-likeness (QED) is 0.567. The molecule has 0 aliphatic carbocycles. The topological polar surface area (TPSA) is 78.9 Å². The third-order valence-corrected chi connectivity index (χ3v) is 4.40. The highest BCUT2D eigenvalue weighted by Gasteiger charge is 2.18. The third kappa shape index (κ3) is 3.29. The average molecular weight is 384 g/mol. The molecule has 3 heterocycles. The first-order valence-corrected chi connectivity index (χ1v) is 8.57. The molecule has 27 heavy (non-hydrogen) atoms. The second kappa shape index (κ2) is 6.85. The Kier molecular flexibility index (Phi) is 4.37. The first-order chi connectivity index (χ1) is 13.0. The molecule has 1 atom stereocenters. The normalized spacial score (nSPS) is 12.3. The van der Waals surface area contributed by atoms with E-state index in [0.29, 0.717) is 22.3 Å². The smallest absolute Gasteiger partial charge is 0.166 e. The van der Waals surface area contributed by atoms with Crippen LogP contribution in [-0.4, -0.2) is 19.7 Å². The fourth-order valence-electron chi connectivity index (χ4n) is 2.83. The molecule has 8 heteroatoms. The number of benzene rings is 1. The summed E-state index contributed by atoms with van der Waals surface area (Å²) in [5.74, 6) is 0.00261. The molecule has 1 aromatic carbocycles. The van der Waals surface area contributed by atoms with Crippen LogP contribution in [0.25, 0.3) is 16.6 Å². The van der Waals surface area contributed by atoms with E-state index >= 15 is 0 Å². The second-order valence-corrected chi connectivity index (χ2v) is 6.36. The number of fused-ring (bicyclic) bond motifs is 1. The fourth-order valence-corrected chi connectivity index (χ4v) is 2.99. The lowest BCUT2D eigenvalue weighted by Gasteiger charge is -2.18. The lowest BCUT2D eigenvalue weighted by molar-refractivity contribution is 0.222. The number of nitrogen functional groups attached to an aromatic ring is 1. The van der Waals surface area contributed by atoms with E-state index in [9.17, 15) is 4.39 Å². The van der Waals surface area contributed by atoms with E-state index in [-0.39, 0.29) is 10.8 Å². The highest BCUT2D eigenvalue weighted by molar-refractivity contribution is 6.31. The average Bonchev–Trinajstić information content (AvgIpc) is 3.19. The van der Waals surface area contributed by atoms with Crippen molar-refractivity contribution in [2.45, 2.75) is 13.0 Å². The Bertz CT molecular complexity index is 1120.